The summed E-state index contributed by atoms with van der Waals surface area (Å²) in [5.41, 5.74) is 4.61. The predicted molar refractivity (Wildman–Crippen MR) is 115 cm³/mol. The fourth-order valence-corrected chi connectivity index (χ4v) is 3.71. The highest BCUT2D eigenvalue weighted by Crippen LogP contribution is 2.40. The minimum absolute atomic E-state index is 0.0652. The van der Waals surface area contributed by atoms with Crippen molar-refractivity contribution in [1.29, 1.82) is 0 Å². The molecule has 1 unspecified atom stereocenters. The summed E-state index contributed by atoms with van der Waals surface area (Å²) in [5.74, 6) is -1.98. The van der Waals surface area contributed by atoms with Crippen molar-refractivity contribution in [2.75, 3.05) is 0 Å². The van der Waals surface area contributed by atoms with Gasteiger partial charge in [-0.3, -0.25) is 0 Å². The van der Waals surface area contributed by atoms with Crippen LogP contribution in [0.3, 0.4) is 0 Å². The van der Waals surface area contributed by atoms with Gasteiger partial charge in [0.1, 0.15) is 18.2 Å². The number of aromatic nitrogens is 1. The molecule has 4 rings (SSSR count). The van der Waals surface area contributed by atoms with E-state index < -0.39 is 12.7 Å². The van der Waals surface area contributed by atoms with Crippen molar-refractivity contribution in [3.8, 4) is 11.3 Å². The van der Waals surface area contributed by atoms with Crippen LogP contribution >= 0.6 is 0 Å². The van der Waals surface area contributed by atoms with E-state index in [2.05, 4.69) is 4.85 Å². The Kier molecular flexibility index (Phi) is 2.87. The summed E-state index contributed by atoms with van der Waals surface area (Å²) in [6.45, 7) is 11.8. The zero-order valence-electron chi connectivity index (χ0n) is 22.6. The van der Waals surface area contributed by atoms with Crippen LogP contribution in [0.5, 0.6) is 0 Å². The highest BCUT2D eigenvalue weighted by Gasteiger charge is 2.23. The first-order valence-electron chi connectivity index (χ1n) is 12.1. The minimum Gasteiger partial charge on any atom is -0.456 e. The van der Waals surface area contributed by atoms with E-state index in [9.17, 15) is 0 Å². The van der Waals surface area contributed by atoms with E-state index in [4.69, 9.17) is 19.2 Å². The first-order valence-corrected chi connectivity index (χ1v) is 9.07. The van der Waals surface area contributed by atoms with Crippen LogP contribution < -0.4 is 4.57 Å². The molecule has 0 N–H and O–H groups in total. The van der Waals surface area contributed by atoms with E-state index in [-0.39, 0.29) is 17.3 Å². The smallest absolute Gasteiger partial charge is 0.216 e. The van der Waals surface area contributed by atoms with E-state index in [1.807, 2.05) is 37.6 Å². The number of fused-ring (bicyclic) bond motifs is 3. The molecule has 3 heteroatoms. The summed E-state index contributed by atoms with van der Waals surface area (Å²) in [5, 5.41) is 1.32. The van der Waals surface area contributed by atoms with Crippen LogP contribution in [0, 0.1) is 27.3 Å². The van der Waals surface area contributed by atoms with Crippen molar-refractivity contribution in [2.45, 2.75) is 40.4 Å². The first-order chi connectivity index (χ1) is 15.7. The Balaban J connectivity index is 2.15. The zero-order valence-corrected chi connectivity index (χ0v) is 16.6. The lowest BCUT2D eigenvalue weighted by atomic mass is 9.96. The number of furan rings is 1. The van der Waals surface area contributed by atoms with Crippen molar-refractivity contribution in [2.24, 2.45) is 7.05 Å². The summed E-state index contributed by atoms with van der Waals surface area (Å²) >= 11 is 0. The molecule has 0 amide bonds. The summed E-state index contributed by atoms with van der Waals surface area (Å²) in [4.78, 5) is 3.49. The van der Waals surface area contributed by atoms with Gasteiger partial charge in [-0.2, -0.15) is 4.57 Å². The van der Waals surface area contributed by atoms with Gasteiger partial charge >= 0.3 is 0 Å². The van der Waals surface area contributed by atoms with Crippen LogP contribution in [-0.4, -0.2) is 0 Å². The van der Waals surface area contributed by atoms with Crippen molar-refractivity contribution >= 4 is 27.6 Å². The number of nitrogens with zero attached hydrogens (tertiary/aromatic N) is 2. The van der Waals surface area contributed by atoms with Gasteiger partial charge in [-0.25, -0.2) is 4.85 Å². The summed E-state index contributed by atoms with van der Waals surface area (Å²) < 4.78 is 57.2. The number of rotatable bonds is 2. The molecular formula is C25H25N2O+. The lowest BCUT2D eigenvalue weighted by Gasteiger charge is -2.08. The van der Waals surface area contributed by atoms with Gasteiger partial charge in [-0.05, 0) is 42.5 Å². The van der Waals surface area contributed by atoms with Gasteiger partial charge in [0.05, 0.1) is 14.9 Å². The van der Waals surface area contributed by atoms with Gasteiger partial charge in [-0.15, -0.1) is 0 Å². The normalized spacial score (nSPS) is 17.1. The number of benzene rings is 2. The van der Waals surface area contributed by atoms with Gasteiger partial charge in [0.15, 0.2) is 11.4 Å². The highest BCUT2D eigenvalue weighted by atomic mass is 16.3. The predicted octanol–water partition coefficient (Wildman–Crippen LogP) is 6.68. The molecule has 28 heavy (non-hydrogen) atoms. The average molecular weight is 376 g/mol. The maximum atomic E-state index is 8.76. The molecule has 2 heterocycles. The van der Waals surface area contributed by atoms with Crippen LogP contribution in [0.2, 0.25) is 0 Å². The van der Waals surface area contributed by atoms with Crippen LogP contribution in [0.1, 0.15) is 50.3 Å². The fraction of sp³-hybridized carbons (Fsp3) is 0.280. The molecule has 0 aliphatic heterocycles. The lowest BCUT2D eigenvalue weighted by Crippen LogP contribution is -2.35. The first kappa shape index (κ1) is 12.4. The Hall–Kier alpha value is -3.12. The Bertz CT molecular complexity index is 1510. The van der Waals surface area contributed by atoms with Crippen molar-refractivity contribution in [3.63, 3.8) is 0 Å². The molecule has 0 saturated carbocycles. The fourth-order valence-electron chi connectivity index (χ4n) is 3.71. The maximum Gasteiger partial charge on any atom is 0.216 e. The van der Waals surface area contributed by atoms with E-state index >= 15 is 0 Å². The largest absolute Gasteiger partial charge is 0.456 e. The second-order valence-corrected chi connectivity index (χ2v) is 7.21. The quantitative estimate of drug-likeness (QED) is 0.283. The van der Waals surface area contributed by atoms with E-state index in [1.54, 1.807) is 13.0 Å². The van der Waals surface area contributed by atoms with Crippen LogP contribution in [0.4, 0.5) is 5.69 Å². The Morgan fingerprint density at radius 1 is 1.21 bits per heavy atom. The molecule has 2 aromatic heterocycles. The highest BCUT2D eigenvalue weighted by molar-refractivity contribution is 6.10. The number of hydrogen-bond acceptors (Lipinski definition) is 1. The van der Waals surface area contributed by atoms with Crippen molar-refractivity contribution in [3.05, 3.63) is 70.2 Å². The van der Waals surface area contributed by atoms with Gasteiger partial charge < -0.3 is 4.42 Å². The molecule has 3 nitrogen and oxygen atoms in total. The molecule has 0 bridgehead atoms. The Labute approximate surface area is 174 Å². The molecule has 0 spiro atoms. The van der Waals surface area contributed by atoms with E-state index in [0.29, 0.717) is 44.8 Å². The third kappa shape index (κ3) is 2.68. The molecule has 1 atom stereocenters. The molecular weight excluding hydrogens is 344 g/mol. The van der Waals surface area contributed by atoms with Gasteiger partial charge in [0.2, 0.25) is 5.69 Å². The van der Waals surface area contributed by atoms with Crippen LogP contribution in [-0.2, 0) is 7.05 Å². The third-order valence-electron chi connectivity index (χ3n) is 5.24. The van der Waals surface area contributed by atoms with Crippen molar-refractivity contribution < 1.29 is 17.2 Å². The maximum absolute atomic E-state index is 8.76. The standard InChI is InChI=1S/C25H25N2O/c1-14(2)19-12-20-18-9-8-16(4)24(22-11-15(3)10-17(5)27(22)7)25(18)28-23(20)13-21(19)26-6/h8-14H,1-5,7H3/q+1/i1D3,10D,11D,14D. The Morgan fingerprint density at radius 3 is 2.71 bits per heavy atom. The summed E-state index contributed by atoms with van der Waals surface area (Å²) in [6.07, 6.45) is 0. The number of hydrogen-bond donors (Lipinski definition) is 0. The van der Waals surface area contributed by atoms with Crippen molar-refractivity contribution in [1.82, 2.24) is 0 Å². The minimum atomic E-state index is -2.62. The van der Waals surface area contributed by atoms with Crippen LogP contribution in [0.25, 0.3) is 38.0 Å². The number of pyridine rings is 1. The molecule has 0 radical (unpaired) electrons. The van der Waals surface area contributed by atoms with Gasteiger partial charge in [0, 0.05) is 35.3 Å². The third-order valence-corrected chi connectivity index (χ3v) is 5.24. The van der Waals surface area contributed by atoms with Crippen LogP contribution in [0.15, 0.2) is 40.8 Å². The zero-order chi connectivity index (χ0) is 25.3. The lowest BCUT2D eigenvalue weighted by molar-refractivity contribution is -0.666. The molecule has 0 saturated heterocycles. The molecule has 2 aromatic carbocycles. The topological polar surface area (TPSA) is 21.4 Å². The summed E-state index contributed by atoms with van der Waals surface area (Å²) in [7, 11) is 1.82. The molecule has 0 aliphatic rings. The summed E-state index contributed by atoms with van der Waals surface area (Å²) in [6, 6.07) is 7.42. The molecule has 0 aliphatic carbocycles. The van der Waals surface area contributed by atoms with E-state index in [1.165, 1.54) is 13.0 Å². The SMILES string of the molecule is [2H]c1c(C)c([2H])c(-c2c(C)ccc3c2oc2cc([N+]#[C-])c(C([2H])(C)C([2H])([2H])[2H])cc23)[n+](C)c1C. The molecule has 4 aromatic rings. The molecule has 140 valence electrons. The Morgan fingerprint density at radius 2 is 2.00 bits per heavy atom. The monoisotopic (exact) mass is 375 g/mol. The average Bonchev–Trinajstić information content (AvgIpc) is 3.13. The second kappa shape index (κ2) is 6.49. The second-order valence-electron chi connectivity index (χ2n) is 7.21. The van der Waals surface area contributed by atoms with E-state index in [0.717, 1.165) is 11.3 Å². The molecule has 0 fully saturated rings. The number of aryl methyl sites for hydroxylation is 1. The van der Waals surface area contributed by atoms with Gasteiger partial charge in [0.25, 0.3) is 0 Å². The van der Waals surface area contributed by atoms with Gasteiger partial charge in [-0.1, -0.05) is 32.0 Å².